The molecular formula is C13H15FN2. The van der Waals surface area contributed by atoms with Gasteiger partial charge in [-0.25, -0.2) is 4.39 Å². The van der Waals surface area contributed by atoms with Crippen molar-refractivity contribution in [2.24, 2.45) is 5.92 Å². The van der Waals surface area contributed by atoms with Crippen molar-refractivity contribution in [2.45, 2.75) is 25.3 Å². The van der Waals surface area contributed by atoms with Gasteiger partial charge in [0.25, 0.3) is 0 Å². The Morgan fingerprint density at radius 3 is 3.12 bits per heavy atom. The van der Waals surface area contributed by atoms with E-state index in [-0.39, 0.29) is 5.82 Å². The molecule has 1 aliphatic heterocycles. The van der Waals surface area contributed by atoms with Crippen LogP contribution in [0.1, 0.15) is 24.8 Å². The summed E-state index contributed by atoms with van der Waals surface area (Å²) in [5.41, 5.74) is 2.19. The van der Waals surface area contributed by atoms with Crippen LogP contribution >= 0.6 is 0 Å². The number of hydrogen-bond donors (Lipinski definition) is 1. The topological polar surface area (TPSA) is 24.9 Å². The highest BCUT2D eigenvalue weighted by atomic mass is 19.1. The van der Waals surface area contributed by atoms with Crippen molar-refractivity contribution >= 4 is 5.57 Å². The van der Waals surface area contributed by atoms with Crippen LogP contribution in [0.15, 0.2) is 24.5 Å². The third-order valence-electron chi connectivity index (χ3n) is 3.57. The summed E-state index contributed by atoms with van der Waals surface area (Å²) in [6.07, 6.45) is 8.82. The van der Waals surface area contributed by atoms with Crippen molar-refractivity contribution in [3.8, 4) is 0 Å². The molecule has 16 heavy (non-hydrogen) atoms. The second-order valence-corrected chi connectivity index (χ2v) is 4.65. The zero-order valence-electron chi connectivity index (χ0n) is 9.12. The first-order valence-corrected chi connectivity index (χ1v) is 5.88. The van der Waals surface area contributed by atoms with Gasteiger partial charge in [-0.1, -0.05) is 6.08 Å². The molecule has 1 fully saturated rings. The monoisotopic (exact) mass is 218 g/mol. The van der Waals surface area contributed by atoms with Gasteiger partial charge in [0, 0.05) is 12.2 Å². The largest absolute Gasteiger partial charge is 0.313 e. The minimum absolute atomic E-state index is 0.249. The third kappa shape index (κ3) is 1.76. The van der Waals surface area contributed by atoms with Gasteiger partial charge in [0.2, 0.25) is 0 Å². The molecule has 1 saturated heterocycles. The van der Waals surface area contributed by atoms with E-state index in [1.54, 1.807) is 12.3 Å². The molecule has 1 aliphatic carbocycles. The van der Waals surface area contributed by atoms with Crippen molar-refractivity contribution in [3.05, 3.63) is 35.9 Å². The number of piperidine rings is 1. The molecule has 0 amide bonds. The molecule has 1 aromatic rings. The summed E-state index contributed by atoms with van der Waals surface area (Å²) in [7, 11) is 0. The minimum atomic E-state index is -0.249. The number of fused-ring (bicyclic) bond motifs is 1. The highest BCUT2D eigenvalue weighted by Gasteiger charge is 2.29. The minimum Gasteiger partial charge on any atom is -0.313 e. The van der Waals surface area contributed by atoms with Gasteiger partial charge in [0.1, 0.15) is 5.82 Å². The standard InChI is InChI=1S/C13H15FN2/c14-12-5-11(7-15-8-12)10-4-9-2-1-3-16-13(9)6-10/h4-5,7-9,13,16H,1-3,6H2/t9-,13+/m1/s1. The number of aromatic nitrogens is 1. The molecule has 0 spiro atoms. The summed E-state index contributed by atoms with van der Waals surface area (Å²) in [6, 6.07) is 2.14. The van der Waals surface area contributed by atoms with Crippen LogP contribution in [0.2, 0.25) is 0 Å². The van der Waals surface area contributed by atoms with Crippen LogP contribution < -0.4 is 5.32 Å². The molecule has 3 rings (SSSR count). The van der Waals surface area contributed by atoms with E-state index in [1.807, 2.05) is 0 Å². The van der Waals surface area contributed by atoms with Crippen LogP contribution in [0.5, 0.6) is 0 Å². The van der Waals surface area contributed by atoms with E-state index in [4.69, 9.17) is 0 Å². The summed E-state index contributed by atoms with van der Waals surface area (Å²) in [4.78, 5) is 3.91. The van der Waals surface area contributed by atoms with Crippen LogP contribution in [0.4, 0.5) is 4.39 Å². The van der Waals surface area contributed by atoms with Crippen LogP contribution in [0.25, 0.3) is 5.57 Å². The number of nitrogens with one attached hydrogen (secondary N) is 1. The maximum Gasteiger partial charge on any atom is 0.142 e. The fraction of sp³-hybridized carbons (Fsp3) is 0.462. The van der Waals surface area contributed by atoms with Crippen molar-refractivity contribution in [3.63, 3.8) is 0 Å². The van der Waals surface area contributed by atoms with E-state index in [2.05, 4.69) is 16.4 Å². The van der Waals surface area contributed by atoms with Crippen molar-refractivity contribution in [1.82, 2.24) is 10.3 Å². The average Bonchev–Trinajstić information content (AvgIpc) is 2.72. The van der Waals surface area contributed by atoms with E-state index in [0.29, 0.717) is 12.0 Å². The van der Waals surface area contributed by atoms with Crippen LogP contribution in [0.3, 0.4) is 0 Å². The second kappa shape index (κ2) is 3.98. The molecule has 2 atom stereocenters. The van der Waals surface area contributed by atoms with Crippen LogP contribution in [-0.2, 0) is 0 Å². The Labute approximate surface area is 94.6 Å². The summed E-state index contributed by atoms with van der Waals surface area (Å²) in [5.74, 6) is 0.383. The van der Waals surface area contributed by atoms with Crippen molar-refractivity contribution in [2.75, 3.05) is 6.54 Å². The first-order valence-electron chi connectivity index (χ1n) is 5.88. The molecule has 0 aromatic carbocycles. The van der Waals surface area contributed by atoms with Gasteiger partial charge < -0.3 is 5.32 Å². The Morgan fingerprint density at radius 2 is 2.31 bits per heavy atom. The summed E-state index contributed by atoms with van der Waals surface area (Å²) in [5, 5.41) is 3.53. The maximum absolute atomic E-state index is 13.1. The Kier molecular flexibility index (Phi) is 2.48. The number of nitrogens with zero attached hydrogens (tertiary/aromatic N) is 1. The first-order chi connectivity index (χ1) is 7.83. The van der Waals surface area contributed by atoms with Gasteiger partial charge in [-0.05, 0) is 48.9 Å². The van der Waals surface area contributed by atoms with Gasteiger partial charge in [0.15, 0.2) is 0 Å². The summed E-state index contributed by atoms with van der Waals surface area (Å²) < 4.78 is 13.1. The average molecular weight is 218 g/mol. The smallest absolute Gasteiger partial charge is 0.142 e. The van der Waals surface area contributed by atoms with E-state index in [1.165, 1.54) is 24.6 Å². The molecule has 2 nitrogen and oxygen atoms in total. The molecule has 0 saturated carbocycles. The summed E-state index contributed by atoms with van der Waals surface area (Å²) >= 11 is 0. The molecule has 2 heterocycles. The van der Waals surface area contributed by atoms with Crippen LogP contribution in [0, 0.1) is 11.7 Å². The van der Waals surface area contributed by atoms with Gasteiger partial charge in [-0.3, -0.25) is 4.98 Å². The highest BCUT2D eigenvalue weighted by molar-refractivity contribution is 5.68. The number of halogens is 1. The molecule has 84 valence electrons. The molecule has 2 aliphatic rings. The van der Waals surface area contributed by atoms with E-state index in [9.17, 15) is 4.39 Å². The van der Waals surface area contributed by atoms with E-state index in [0.717, 1.165) is 18.5 Å². The first kappa shape index (κ1) is 9.97. The highest BCUT2D eigenvalue weighted by Crippen LogP contribution is 2.35. The number of hydrogen-bond acceptors (Lipinski definition) is 2. The Morgan fingerprint density at radius 1 is 1.38 bits per heavy atom. The molecule has 0 radical (unpaired) electrons. The van der Waals surface area contributed by atoms with E-state index < -0.39 is 0 Å². The van der Waals surface area contributed by atoms with Crippen molar-refractivity contribution < 1.29 is 4.39 Å². The molecule has 0 unspecified atom stereocenters. The maximum atomic E-state index is 13.1. The number of pyridine rings is 1. The Bertz CT molecular complexity index is 428. The van der Waals surface area contributed by atoms with Gasteiger partial charge in [-0.15, -0.1) is 0 Å². The lowest BCUT2D eigenvalue weighted by Gasteiger charge is -2.25. The Balaban J connectivity index is 1.86. The van der Waals surface area contributed by atoms with Gasteiger partial charge in [0.05, 0.1) is 6.20 Å². The molecule has 0 bridgehead atoms. The quantitative estimate of drug-likeness (QED) is 0.782. The fourth-order valence-electron chi connectivity index (χ4n) is 2.77. The SMILES string of the molecule is Fc1cncc(C2=C[C@H]3CCCN[C@H]3C2)c1. The van der Waals surface area contributed by atoms with Crippen molar-refractivity contribution in [1.29, 1.82) is 0 Å². The van der Waals surface area contributed by atoms with Crippen LogP contribution in [-0.4, -0.2) is 17.6 Å². The van der Waals surface area contributed by atoms with Gasteiger partial charge >= 0.3 is 0 Å². The molecular weight excluding hydrogens is 203 g/mol. The Hall–Kier alpha value is -1.22. The second-order valence-electron chi connectivity index (χ2n) is 4.65. The predicted molar refractivity (Wildman–Crippen MR) is 61.3 cm³/mol. The lowest BCUT2D eigenvalue weighted by Crippen LogP contribution is -2.37. The lowest BCUT2D eigenvalue weighted by molar-refractivity contribution is 0.348. The summed E-state index contributed by atoms with van der Waals surface area (Å²) in [6.45, 7) is 1.11. The predicted octanol–water partition coefficient (Wildman–Crippen LogP) is 2.38. The third-order valence-corrected chi connectivity index (χ3v) is 3.57. The fourth-order valence-corrected chi connectivity index (χ4v) is 2.77. The zero-order chi connectivity index (χ0) is 11.0. The van der Waals surface area contributed by atoms with Gasteiger partial charge in [-0.2, -0.15) is 0 Å². The molecule has 1 N–H and O–H groups in total. The van der Waals surface area contributed by atoms with E-state index >= 15 is 0 Å². The number of rotatable bonds is 1. The molecule has 1 aromatic heterocycles. The normalized spacial score (nSPS) is 28.7. The molecule has 3 heteroatoms. The zero-order valence-corrected chi connectivity index (χ0v) is 9.12. The lowest BCUT2D eigenvalue weighted by atomic mass is 9.94.